The van der Waals surface area contributed by atoms with Crippen LogP contribution in [0, 0.1) is 11.3 Å². The molecule has 0 bridgehead atoms. The molecule has 0 aromatic heterocycles. The molecule has 0 saturated carbocycles. The van der Waals surface area contributed by atoms with Crippen molar-refractivity contribution in [2.75, 3.05) is 52.4 Å². The summed E-state index contributed by atoms with van der Waals surface area (Å²) in [7, 11) is 0. The van der Waals surface area contributed by atoms with Crippen molar-refractivity contribution >= 4 is 5.91 Å². The van der Waals surface area contributed by atoms with Crippen LogP contribution in [0.1, 0.15) is 25.7 Å². The Balaban J connectivity index is 1.84. The van der Waals surface area contributed by atoms with Crippen molar-refractivity contribution in [2.45, 2.75) is 31.7 Å². The number of aliphatic hydroxyl groups excluding tert-OH is 1. The average molecular weight is 335 g/mol. The van der Waals surface area contributed by atoms with Crippen LogP contribution in [0.3, 0.4) is 0 Å². The van der Waals surface area contributed by atoms with Gasteiger partial charge in [-0.25, -0.2) is 0 Å². The number of carbonyl (C=O) groups excluding carboxylic acids is 1. The van der Waals surface area contributed by atoms with Crippen LogP contribution in [0.4, 0.5) is 0 Å². The molecule has 1 unspecified atom stereocenters. The molecule has 2 fully saturated rings. The number of nitriles is 1. The lowest BCUT2D eigenvalue weighted by molar-refractivity contribution is -0.117. The summed E-state index contributed by atoms with van der Waals surface area (Å²) in [5.74, 6) is -0.305. The van der Waals surface area contributed by atoms with Gasteiger partial charge in [0.15, 0.2) is 0 Å². The third-order valence-corrected chi connectivity index (χ3v) is 4.72. The number of nitrogens with one attached hydrogen (secondary N) is 2. The van der Waals surface area contributed by atoms with E-state index in [2.05, 4.69) is 15.5 Å². The maximum absolute atomic E-state index is 12.2. The number of amides is 1. The quantitative estimate of drug-likeness (QED) is 0.435. The van der Waals surface area contributed by atoms with Crippen molar-refractivity contribution in [2.24, 2.45) is 0 Å². The van der Waals surface area contributed by atoms with Gasteiger partial charge in [-0.15, -0.1) is 0 Å². The molecule has 0 aromatic rings. The van der Waals surface area contributed by atoms with Gasteiger partial charge in [0.05, 0.1) is 0 Å². The van der Waals surface area contributed by atoms with Gasteiger partial charge in [0.1, 0.15) is 11.6 Å². The second kappa shape index (κ2) is 10.3. The molecular formula is C17H29N5O2. The molecule has 134 valence electrons. The lowest BCUT2D eigenvalue weighted by Crippen LogP contribution is -2.46. The molecule has 7 heteroatoms. The van der Waals surface area contributed by atoms with E-state index in [0.29, 0.717) is 13.0 Å². The Morgan fingerprint density at radius 2 is 2.12 bits per heavy atom. The monoisotopic (exact) mass is 335 g/mol. The molecule has 7 nitrogen and oxygen atoms in total. The van der Waals surface area contributed by atoms with Gasteiger partial charge >= 0.3 is 0 Å². The van der Waals surface area contributed by atoms with Crippen molar-refractivity contribution in [1.82, 2.24) is 20.4 Å². The molecule has 24 heavy (non-hydrogen) atoms. The number of nitrogens with zero attached hydrogens (tertiary/aromatic N) is 3. The molecule has 2 saturated heterocycles. The zero-order chi connectivity index (χ0) is 17.2. The Bertz CT molecular complexity index is 466. The molecule has 3 N–H and O–H groups in total. The SMILES string of the molecule is N#C/C(=C/N1CCCCC1CCO)C(=O)NCCN1CCNCC1. The largest absolute Gasteiger partial charge is 0.396 e. The molecule has 1 amide bonds. The van der Waals surface area contributed by atoms with Crippen LogP contribution >= 0.6 is 0 Å². The topological polar surface area (TPSA) is 91.6 Å². The van der Waals surface area contributed by atoms with Gasteiger partial charge < -0.3 is 20.6 Å². The van der Waals surface area contributed by atoms with Gasteiger partial charge in [-0.2, -0.15) is 5.26 Å². The van der Waals surface area contributed by atoms with E-state index in [1.54, 1.807) is 6.20 Å². The highest BCUT2D eigenvalue weighted by Crippen LogP contribution is 2.20. The summed E-state index contributed by atoms with van der Waals surface area (Å²) >= 11 is 0. The minimum atomic E-state index is -0.305. The minimum absolute atomic E-state index is 0.133. The maximum Gasteiger partial charge on any atom is 0.263 e. The molecule has 2 aliphatic heterocycles. The van der Waals surface area contributed by atoms with E-state index in [-0.39, 0.29) is 24.1 Å². The Hall–Kier alpha value is -1.62. The zero-order valence-electron chi connectivity index (χ0n) is 14.3. The van der Waals surface area contributed by atoms with Crippen molar-refractivity contribution in [1.29, 1.82) is 5.26 Å². The number of aliphatic hydroxyl groups is 1. The standard InChI is InChI=1S/C17H29N5O2/c18-13-15(14-22-8-2-1-3-16(22)4-12-23)17(24)20-7-11-21-9-5-19-6-10-21/h14,16,19,23H,1-12H2,(H,20,24)/b15-14-. The number of rotatable bonds is 7. The third-order valence-electron chi connectivity index (χ3n) is 4.72. The van der Waals surface area contributed by atoms with E-state index in [1.165, 1.54) is 0 Å². The van der Waals surface area contributed by atoms with Crippen LogP contribution in [-0.2, 0) is 4.79 Å². The summed E-state index contributed by atoms with van der Waals surface area (Å²) in [5, 5.41) is 24.6. The van der Waals surface area contributed by atoms with E-state index in [1.807, 2.05) is 11.0 Å². The summed E-state index contributed by atoms with van der Waals surface area (Å²) in [6, 6.07) is 2.24. The molecule has 2 aliphatic rings. The first-order valence-corrected chi connectivity index (χ1v) is 8.94. The van der Waals surface area contributed by atoms with E-state index in [0.717, 1.165) is 58.5 Å². The van der Waals surface area contributed by atoms with E-state index in [9.17, 15) is 15.2 Å². The summed E-state index contributed by atoms with van der Waals surface area (Å²) in [5.41, 5.74) is 0.153. The summed E-state index contributed by atoms with van der Waals surface area (Å²) in [4.78, 5) is 16.6. The molecule has 0 radical (unpaired) electrons. The van der Waals surface area contributed by atoms with Gasteiger partial charge in [-0.3, -0.25) is 9.69 Å². The predicted octanol–water partition coefficient (Wildman–Crippen LogP) is -0.348. The molecule has 1 atom stereocenters. The Morgan fingerprint density at radius 1 is 1.33 bits per heavy atom. The highest BCUT2D eigenvalue weighted by Gasteiger charge is 2.21. The number of piperazine rings is 1. The van der Waals surface area contributed by atoms with Crippen LogP contribution in [0.25, 0.3) is 0 Å². The fraction of sp³-hybridized carbons (Fsp3) is 0.765. The summed E-state index contributed by atoms with van der Waals surface area (Å²) in [6.45, 7) is 6.29. The van der Waals surface area contributed by atoms with Crippen molar-refractivity contribution in [3.05, 3.63) is 11.8 Å². The number of likely N-dealkylation sites (tertiary alicyclic amines) is 1. The summed E-state index contributed by atoms with van der Waals surface area (Å²) < 4.78 is 0. The van der Waals surface area contributed by atoms with Gasteiger partial charge in [0.25, 0.3) is 5.91 Å². The molecule has 0 spiro atoms. The smallest absolute Gasteiger partial charge is 0.263 e. The van der Waals surface area contributed by atoms with Crippen molar-refractivity contribution in [3.8, 4) is 6.07 Å². The Morgan fingerprint density at radius 3 is 2.83 bits per heavy atom. The number of hydrogen-bond acceptors (Lipinski definition) is 6. The first-order valence-electron chi connectivity index (χ1n) is 8.94. The average Bonchev–Trinajstić information content (AvgIpc) is 2.62. The first kappa shape index (κ1) is 18.7. The fourth-order valence-electron chi connectivity index (χ4n) is 3.31. The van der Waals surface area contributed by atoms with Crippen LogP contribution in [-0.4, -0.2) is 79.3 Å². The van der Waals surface area contributed by atoms with Gasteiger partial charge in [0.2, 0.25) is 0 Å². The van der Waals surface area contributed by atoms with Crippen LogP contribution in [0.5, 0.6) is 0 Å². The van der Waals surface area contributed by atoms with E-state index >= 15 is 0 Å². The minimum Gasteiger partial charge on any atom is -0.396 e. The lowest BCUT2D eigenvalue weighted by Gasteiger charge is -2.34. The highest BCUT2D eigenvalue weighted by molar-refractivity contribution is 5.97. The second-order valence-electron chi connectivity index (χ2n) is 6.40. The van der Waals surface area contributed by atoms with Gasteiger partial charge in [-0.05, 0) is 25.7 Å². The normalized spacial score (nSPS) is 22.9. The molecule has 0 aromatic carbocycles. The zero-order valence-corrected chi connectivity index (χ0v) is 14.3. The molecular weight excluding hydrogens is 306 g/mol. The van der Waals surface area contributed by atoms with Crippen LogP contribution < -0.4 is 10.6 Å². The third kappa shape index (κ3) is 5.78. The van der Waals surface area contributed by atoms with E-state index < -0.39 is 0 Å². The van der Waals surface area contributed by atoms with Crippen LogP contribution in [0.15, 0.2) is 11.8 Å². The predicted molar refractivity (Wildman–Crippen MR) is 92.1 cm³/mol. The Kier molecular flexibility index (Phi) is 8.02. The first-order chi connectivity index (χ1) is 11.7. The molecule has 0 aliphatic carbocycles. The summed E-state index contributed by atoms with van der Waals surface area (Å²) in [6.07, 6.45) is 5.55. The fourth-order valence-corrected chi connectivity index (χ4v) is 3.31. The maximum atomic E-state index is 12.2. The molecule has 2 heterocycles. The van der Waals surface area contributed by atoms with E-state index in [4.69, 9.17) is 0 Å². The number of hydrogen-bond donors (Lipinski definition) is 3. The Labute approximate surface area is 144 Å². The lowest BCUT2D eigenvalue weighted by atomic mass is 10.00. The van der Waals surface area contributed by atoms with Crippen LogP contribution in [0.2, 0.25) is 0 Å². The second-order valence-corrected chi connectivity index (χ2v) is 6.40. The van der Waals surface area contributed by atoms with Gasteiger partial charge in [0, 0.05) is 64.7 Å². The van der Waals surface area contributed by atoms with Gasteiger partial charge in [-0.1, -0.05) is 0 Å². The van der Waals surface area contributed by atoms with Crippen molar-refractivity contribution in [3.63, 3.8) is 0 Å². The molecule has 2 rings (SSSR count). The number of carbonyl (C=O) groups is 1. The number of piperidine rings is 1. The van der Waals surface area contributed by atoms with Crippen molar-refractivity contribution < 1.29 is 9.90 Å². The highest BCUT2D eigenvalue weighted by atomic mass is 16.3.